The molecule has 0 radical (unpaired) electrons. The molecule has 1 heterocycles. The average Bonchev–Trinajstić information content (AvgIpc) is 2.79. The Balaban J connectivity index is 2.27. The van der Waals surface area contributed by atoms with Gasteiger partial charge >= 0.3 is 0 Å². The van der Waals surface area contributed by atoms with Crippen molar-refractivity contribution in [1.29, 1.82) is 0 Å². The summed E-state index contributed by atoms with van der Waals surface area (Å²) < 4.78 is 15.9. The van der Waals surface area contributed by atoms with Crippen LogP contribution in [-0.4, -0.2) is 9.55 Å². The van der Waals surface area contributed by atoms with Crippen LogP contribution in [0.15, 0.2) is 12.1 Å². The van der Waals surface area contributed by atoms with Crippen LogP contribution in [0.5, 0.6) is 0 Å². The molecule has 1 aliphatic rings. The predicted octanol–water partition coefficient (Wildman–Crippen LogP) is 5.81. The number of aromatic nitrogens is 2. The van der Waals surface area contributed by atoms with Crippen LogP contribution in [0.2, 0.25) is 5.02 Å². The molecule has 0 N–H and O–H groups in total. The van der Waals surface area contributed by atoms with Crippen LogP contribution in [0.25, 0.3) is 11.0 Å². The maximum Gasteiger partial charge on any atom is 0.144 e. The molecular formula is C16H19Cl2FN2. The van der Waals surface area contributed by atoms with Gasteiger partial charge in [-0.3, -0.25) is 0 Å². The largest absolute Gasteiger partial charge is 0.321 e. The van der Waals surface area contributed by atoms with Gasteiger partial charge in [-0.05, 0) is 32.8 Å². The van der Waals surface area contributed by atoms with Crippen LogP contribution in [0, 0.1) is 5.82 Å². The number of benzene rings is 1. The summed E-state index contributed by atoms with van der Waals surface area (Å²) in [6.07, 6.45) is 5.83. The Bertz CT molecular complexity index is 672. The number of fused-ring (bicyclic) bond motifs is 1. The second kappa shape index (κ2) is 5.44. The lowest BCUT2D eigenvalue weighted by molar-refractivity contribution is 0.219. The van der Waals surface area contributed by atoms with E-state index >= 15 is 0 Å². The molecule has 1 aliphatic carbocycles. The highest BCUT2D eigenvalue weighted by atomic mass is 35.5. The van der Waals surface area contributed by atoms with Crippen molar-refractivity contribution in [2.45, 2.75) is 56.9 Å². The Morgan fingerprint density at radius 2 is 1.95 bits per heavy atom. The second-order valence-corrected chi connectivity index (χ2v) is 7.30. The van der Waals surface area contributed by atoms with Gasteiger partial charge in [0.2, 0.25) is 0 Å². The van der Waals surface area contributed by atoms with E-state index in [-0.39, 0.29) is 15.9 Å². The smallest absolute Gasteiger partial charge is 0.144 e. The minimum Gasteiger partial charge on any atom is -0.321 e. The third-order valence-corrected chi connectivity index (χ3v) is 5.03. The van der Waals surface area contributed by atoms with Crippen LogP contribution in [0.1, 0.15) is 57.2 Å². The van der Waals surface area contributed by atoms with E-state index in [9.17, 15) is 4.39 Å². The summed E-state index contributed by atoms with van der Waals surface area (Å²) in [4.78, 5) is 4.57. The molecule has 0 bridgehead atoms. The maximum absolute atomic E-state index is 13.7. The fraction of sp³-hybridized carbons (Fsp3) is 0.562. The van der Waals surface area contributed by atoms with Gasteiger partial charge in [0, 0.05) is 11.6 Å². The van der Waals surface area contributed by atoms with Crippen molar-refractivity contribution in [2.75, 3.05) is 0 Å². The van der Waals surface area contributed by atoms with Gasteiger partial charge in [0.15, 0.2) is 0 Å². The van der Waals surface area contributed by atoms with Crippen LogP contribution in [-0.2, 0) is 5.54 Å². The molecule has 1 fully saturated rings. The Labute approximate surface area is 134 Å². The Kier molecular flexibility index (Phi) is 3.91. The lowest BCUT2D eigenvalue weighted by Crippen LogP contribution is -2.34. The fourth-order valence-corrected chi connectivity index (χ4v) is 3.77. The molecule has 1 atom stereocenters. The molecule has 1 saturated carbocycles. The fourth-order valence-electron chi connectivity index (χ4n) is 3.46. The maximum atomic E-state index is 13.7. The number of alkyl halides is 1. The molecule has 114 valence electrons. The molecule has 5 heteroatoms. The van der Waals surface area contributed by atoms with E-state index in [2.05, 4.69) is 16.5 Å². The van der Waals surface area contributed by atoms with Gasteiger partial charge in [-0.2, -0.15) is 0 Å². The second-order valence-electron chi connectivity index (χ2n) is 6.23. The monoisotopic (exact) mass is 328 g/mol. The highest BCUT2D eigenvalue weighted by Crippen LogP contribution is 2.40. The van der Waals surface area contributed by atoms with E-state index in [4.69, 9.17) is 23.2 Å². The summed E-state index contributed by atoms with van der Waals surface area (Å²) in [5.41, 5.74) is 1.49. The van der Waals surface area contributed by atoms with Crippen molar-refractivity contribution in [2.24, 2.45) is 0 Å². The zero-order chi connectivity index (χ0) is 15.2. The number of nitrogens with zero attached hydrogens (tertiary/aromatic N) is 2. The van der Waals surface area contributed by atoms with Gasteiger partial charge in [-0.25, -0.2) is 9.37 Å². The zero-order valence-electron chi connectivity index (χ0n) is 12.3. The summed E-state index contributed by atoms with van der Waals surface area (Å²) >= 11 is 12.3. The van der Waals surface area contributed by atoms with Gasteiger partial charge in [0.1, 0.15) is 11.6 Å². The Hall–Kier alpha value is -0.800. The van der Waals surface area contributed by atoms with Crippen molar-refractivity contribution >= 4 is 34.2 Å². The average molecular weight is 329 g/mol. The predicted molar refractivity (Wildman–Crippen MR) is 85.7 cm³/mol. The SMILES string of the molecule is CC(Cl)c1nc2cc(F)c(Cl)cc2n1C1(C)CCCCC1. The number of imidazole rings is 1. The first-order chi connectivity index (χ1) is 9.92. The minimum absolute atomic E-state index is 0.0212. The first-order valence-corrected chi connectivity index (χ1v) is 8.26. The zero-order valence-corrected chi connectivity index (χ0v) is 13.8. The summed E-state index contributed by atoms with van der Waals surface area (Å²) in [5.74, 6) is 0.370. The normalized spacial score (nSPS) is 19.9. The first-order valence-electron chi connectivity index (χ1n) is 7.44. The van der Waals surface area contributed by atoms with Crippen molar-refractivity contribution in [1.82, 2.24) is 9.55 Å². The van der Waals surface area contributed by atoms with Gasteiger partial charge < -0.3 is 4.57 Å². The van der Waals surface area contributed by atoms with E-state index in [1.54, 1.807) is 6.07 Å². The quantitative estimate of drug-likeness (QED) is 0.636. The van der Waals surface area contributed by atoms with Gasteiger partial charge in [0.05, 0.1) is 21.4 Å². The van der Waals surface area contributed by atoms with Crippen molar-refractivity contribution in [3.63, 3.8) is 0 Å². The molecule has 0 saturated heterocycles. The standard InChI is InChI=1S/C16H19Cl2FN2/c1-10(17)15-20-13-9-12(19)11(18)8-14(13)21(15)16(2)6-4-3-5-7-16/h8-10H,3-7H2,1-2H3. The highest BCUT2D eigenvalue weighted by molar-refractivity contribution is 6.31. The number of rotatable bonds is 2. The molecular weight excluding hydrogens is 310 g/mol. The molecule has 1 aromatic heterocycles. The van der Waals surface area contributed by atoms with E-state index < -0.39 is 5.82 Å². The van der Waals surface area contributed by atoms with Crippen LogP contribution >= 0.6 is 23.2 Å². The minimum atomic E-state index is -0.434. The van der Waals surface area contributed by atoms with Crippen molar-refractivity contribution in [3.8, 4) is 0 Å². The Morgan fingerprint density at radius 1 is 1.29 bits per heavy atom. The van der Waals surface area contributed by atoms with Gasteiger partial charge in [0.25, 0.3) is 0 Å². The van der Waals surface area contributed by atoms with Gasteiger partial charge in [-0.1, -0.05) is 30.9 Å². The van der Waals surface area contributed by atoms with Crippen LogP contribution in [0.4, 0.5) is 4.39 Å². The third kappa shape index (κ3) is 2.55. The van der Waals surface area contributed by atoms with Crippen LogP contribution in [0.3, 0.4) is 0 Å². The van der Waals surface area contributed by atoms with Crippen molar-refractivity contribution in [3.05, 3.63) is 28.8 Å². The molecule has 2 nitrogen and oxygen atoms in total. The lowest BCUT2D eigenvalue weighted by Gasteiger charge is -2.37. The van der Waals surface area contributed by atoms with E-state index in [0.717, 1.165) is 24.2 Å². The molecule has 3 rings (SSSR count). The van der Waals surface area contributed by atoms with Crippen LogP contribution < -0.4 is 0 Å². The molecule has 1 unspecified atom stereocenters. The summed E-state index contributed by atoms with van der Waals surface area (Å²) in [6.45, 7) is 4.15. The first kappa shape index (κ1) is 15.1. The number of hydrogen-bond acceptors (Lipinski definition) is 1. The lowest BCUT2D eigenvalue weighted by atomic mass is 9.82. The number of halogens is 3. The molecule has 1 aromatic carbocycles. The summed E-state index contributed by atoms with van der Waals surface area (Å²) in [5, 5.41) is -0.0881. The molecule has 0 spiro atoms. The summed E-state index contributed by atoms with van der Waals surface area (Å²) in [7, 11) is 0. The topological polar surface area (TPSA) is 17.8 Å². The molecule has 0 amide bonds. The third-order valence-electron chi connectivity index (χ3n) is 4.55. The summed E-state index contributed by atoms with van der Waals surface area (Å²) in [6, 6.07) is 3.09. The van der Waals surface area contributed by atoms with E-state index in [1.807, 2.05) is 6.92 Å². The van der Waals surface area contributed by atoms with Gasteiger partial charge in [-0.15, -0.1) is 11.6 Å². The van der Waals surface area contributed by atoms with E-state index in [0.29, 0.717) is 5.52 Å². The molecule has 0 aliphatic heterocycles. The highest BCUT2D eigenvalue weighted by Gasteiger charge is 2.33. The van der Waals surface area contributed by atoms with E-state index in [1.165, 1.54) is 25.3 Å². The Morgan fingerprint density at radius 3 is 2.57 bits per heavy atom. The molecule has 2 aromatic rings. The number of hydrogen-bond donors (Lipinski definition) is 0. The molecule has 21 heavy (non-hydrogen) atoms. The van der Waals surface area contributed by atoms with Crippen molar-refractivity contribution < 1.29 is 4.39 Å².